The second kappa shape index (κ2) is 8.09. The third-order valence-electron chi connectivity index (χ3n) is 14.2. The molecule has 0 saturated heterocycles. The lowest BCUT2D eigenvalue weighted by Gasteiger charge is -2.65. The molecule has 3 heterocycles. The normalized spacial score (nSPS) is 46.6. The van der Waals surface area contributed by atoms with Gasteiger partial charge in [0.2, 0.25) is 0 Å². The number of halogens is 1. The third-order valence-corrected chi connectivity index (χ3v) is 14.5. The Labute approximate surface area is 259 Å². The van der Waals surface area contributed by atoms with Gasteiger partial charge in [-0.25, -0.2) is 0 Å². The van der Waals surface area contributed by atoms with Crippen LogP contribution >= 0.6 is 11.6 Å². The molecule has 9 rings (SSSR count). The zero-order valence-corrected chi connectivity index (χ0v) is 26.8. The van der Waals surface area contributed by atoms with E-state index in [1.54, 1.807) is 0 Å². The molecule has 228 valence electrons. The number of rotatable bonds is 1. The van der Waals surface area contributed by atoms with E-state index in [9.17, 15) is 10.2 Å². The fraction of sp³-hybridized carbons (Fsp3) is 0.622. The quantitative estimate of drug-likeness (QED) is 0.299. The average molecular weight is 602 g/mol. The van der Waals surface area contributed by atoms with Crippen LogP contribution in [0.1, 0.15) is 101 Å². The summed E-state index contributed by atoms with van der Waals surface area (Å²) in [6, 6.07) is 2.14. The monoisotopic (exact) mass is 601 g/mol. The number of hydrogen-bond acceptors (Lipinski definition) is 4. The number of nitrogens with one attached hydrogen (secondary N) is 1. The number of aromatic amines is 1. The highest BCUT2D eigenvalue weighted by molar-refractivity contribution is 6.32. The highest BCUT2D eigenvalue weighted by Crippen LogP contribution is 2.74. The number of hydrogen-bond donors (Lipinski definition) is 3. The van der Waals surface area contributed by atoms with Crippen LogP contribution in [0, 0.1) is 23.2 Å². The molecule has 6 heteroatoms. The van der Waals surface area contributed by atoms with Crippen molar-refractivity contribution in [2.24, 2.45) is 23.2 Å². The van der Waals surface area contributed by atoms with Gasteiger partial charge in [-0.05, 0) is 111 Å². The second-order valence-corrected chi connectivity index (χ2v) is 16.5. The molecule has 43 heavy (non-hydrogen) atoms. The molecule has 0 radical (unpaired) electrons. The van der Waals surface area contributed by atoms with Crippen LogP contribution in [-0.2, 0) is 21.3 Å². The van der Waals surface area contributed by atoms with Crippen LogP contribution in [0.15, 0.2) is 42.0 Å². The maximum absolute atomic E-state index is 13.0. The molecule has 5 nitrogen and oxygen atoms in total. The molecule has 7 aliphatic rings. The maximum atomic E-state index is 13.0. The van der Waals surface area contributed by atoms with Gasteiger partial charge in [-0.3, -0.25) is 0 Å². The lowest BCUT2D eigenvalue weighted by atomic mass is 9.42. The molecule has 1 aromatic heterocycles. The summed E-state index contributed by atoms with van der Waals surface area (Å²) in [5.74, 6) is 1.48. The smallest absolute Gasteiger partial charge is 0.108 e. The van der Waals surface area contributed by atoms with Crippen LogP contribution in [0.25, 0.3) is 10.9 Å². The van der Waals surface area contributed by atoms with Gasteiger partial charge in [0.05, 0.1) is 23.4 Å². The van der Waals surface area contributed by atoms with Gasteiger partial charge in [0, 0.05) is 43.9 Å². The minimum atomic E-state index is -1.11. The summed E-state index contributed by atoms with van der Waals surface area (Å²) < 4.78 is 13.8. The fourth-order valence-corrected chi connectivity index (χ4v) is 12.0. The van der Waals surface area contributed by atoms with Gasteiger partial charge in [-0.15, -0.1) is 0 Å². The first-order valence-electron chi connectivity index (χ1n) is 16.4. The molecule has 0 spiro atoms. The number of benzene rings is 1. The van der Waals surface area contributed by atoms with E-state index < -0.39 is 28.6 Å². The number of H-pyrrole nitrogens is 1. The van der Waals surface area contributed by atoms with Gasteiger partial charge in [-0.2, -0.15) is 0 Å². The molecular formula is C37H44ClNO4. The summed E-state index contributed by atoms with van der Waals surface area (Å²) in [6.07, 6.45) is 5.41. The van der Waals surface area contributed by atoms with E-state index in [1.165, 1.54) is 33.3 Å². The third kappa shape index (κ3) is 2.93. The summed E-state index contributed by atoms with van der Waals surface area (Å²) in [7, 11) is 0. The lowest BCUT2D eigenvalue weighted by Crippen LogP contribution is -2.68. The van der Waals surface area contributed by atoms with Gasteiger partial charge < -0.3 is 24.7 Å². The van der Waals surface area contributed by atoms with Crippen molar-refractivity contribution in [3.05, 3.63) is 69.4 Å². The summed E-state index contributed by atoms with van der Waals surface area (Å²) in [5.41, 5.74) is 7.00. The standard InChI is InChI=1S/C37H44ClNO4/c1-16(2)31-25(40)14-21-26(42-31)9-10-35(6)36(7)20(8-11-37(21,35)41)32-30-29-24(39-33(30)36)15-23(38)19-12-17(3)18-13-22(27(18)28(19)29)34(4,5)43-32/h14-15,18,20,22,25-27,31-32,39-41H,1,3,8-13H2,2,4-7H3/t18-,20-,22+,25+,26+,27-,31-,32+,35-,36-,37-/m1/s1. The molecule has 5 aliphatic carbocycles. The molecule has 2 aromatic rings. The van der Waals surface area contributed by atoms with E-state index >= 15 is 0 Å². The Balaban J connectivity index is 1.28. The van der Waals surface area contributed by atoms with E-state index in [0.29, 0.717) is 24.2 Å². The van der Waals surface area contributed by atoms with Gasteiger partial charge in [0.1, 0.15) is 12.2 Å². The first kappa shape index (κ1) is 27.4. The van der Waals surface area contributed by atoms with Crippen molar-refractivity contribution in [3.8, 4) is 0 Å². The number of allylic oxidation sites excluding steroid dienone is 1. The Morgan fingerprint density at radius 1 is 1.12 bits per heavy atom. The minimum Gasteiger partial charge on any atom is -0.386 e. The van der Waals surface area contributed by atoms with Gasteiger partial charge in [0.15, 0.2) is 0 Å². The van der Waals surface area contributed by atoms with E-state index in [2.05, 4.69) is 51.9 Å². The van der Waals surface area contributed by atoms with Crippen LogP contribution in [0.3, 0.4) is 0 Å². The van der Waals surface area contributed by atoms with Gasteiger partial charge in [-0.1, -0.05) is 44.2 Å². The zero-order chi connectivity index (χ0) is 30.2. The van der Waals surface area contributed by atoms with Crippen LogP contribution < -0.4 is 0 Å². The van der Waals surface area contributed by atoms with E-state index in [4.69, 9.17) is 21.1 Å². The van der Waals surface area contributed by atoms with E-state index in [1.807, 2.05) is 13.0 Å². The van der Waals surface area contributed by atoms with E-state index in [0.717, 1.165) is 53.8 Å². The molecule has 11 atom stereocenters. The molecular weight excluding hydrogens is 558 g/mol. The van der Waals surface area contributed by atoms with Crippen LogP contribution in [-0.4, -0.2) is 44.7 Å². The Morgan fingerprint density at radius 3 is 2.63 bits per heavy atom. The van der Waals surface area contributed by atoms with Crippen molar-refractivity contribution >= 4 is 22.5 Å². The van der Waals surface area contributed by atoms with E-state index in [-0.39, 0.29) is 23.7 Å². The number of ether oxygens (including phenoxy) is 2. The predicted octanol–water partition coefficient (Wildman–Crippen LogP) is 7.35. The topological polar surface area (TPSA) is 74.7 Å². The van der Waals surface area contributed by atoms with Crippen molar-refractivity contribution < 1.29 is 19.7 Å². The van der Waals surface area contributed by atoms with Gasteiger partial charge >= 0.3 is 0 Å². The molecule has 2 aliphatic heterocycles. The Morgan fingerprint density at radius 2 is 1.88 bits per heavy atom. The summed E-state index contributed by atoms with van der Waals surface area (Å²) in [6.45, 7) is 19.8. The molecule has 0 unspecified atom stereocenters. The summed E-state index contributed by atoms with van der Waals surface area (Å²) >= 11 is 7.09. The molecule has 3 N–H and O–H groups in total. The SMILES string of the molecule is C=C1Cc2c(Cl)cc3[nH]c4c5c3c2[C@@H]2[C@@H]1C[C@@H]2C(C)(C)O[C@H]5[C@H]1CC[C@@]2(O)C3=C[C@H](O)[C@@H](C(=C)C)O[C@H]3CC[C@]2(C)[C@@]41C. The van der Waals surface area contributed by atoms with Crippen LogP contribution in [0.4, 0.5) is 0 Å². The molecule has 3 saturated carbocycles. The van der Waals surface area contributed by atoms with Crippen molar-refractivity contribution in [2.45, 2.75) is 120 Å². The molecule has 0 bridgehead atoms. The van der Waals surface area contributed by atoms with Gasteiger partial charge in [0.25, 0.3) is 0 Å². The van der Waals surface area contributed by atoms with Crippen molar-refractivity contribution in [3.63, 3.8) is 0 Å². The second-order valence-electron chi connectivity index (χ2n) is 16.1. The van der Waals surface area contributed by atoms with Crippen molar-refractivity contribution in [2.75, 3.05) is 0 Å². The number of aromatic nitrogens is 1. The number of aliphatic hydroxyl groups is 2. The van der Waals surface area contributed by atoms with Crippen molar-refractivity contribution in [1.82, 2.24) is 4.98 Å². The highest BCUT2D eigenvalue weighted by atomic mass is 35.5. The molecule has 1 aromatic carbocycles. The van der Waals surface area contributed by atoms with Crippen molar-refractivity contribution in [1.29, 1.82) is 0 Å². The summed E-state index contributed by atoms with van der Waals surface area (Å²) in [4.78, 5) is 3.96. The Bertz CT molecular complexity index is 1700. The Kier molecular flexibility index (Phi) is 5.16. The summed E-state index contributed by atoms with van der Waals surface area (Å²) in [5, 5.41) is 26.3. The number of fused-ring (bicyclic) bond motifs is 7. The molecule has 0 amide bonds. The van der Waals surface area contributed by atoms with Crippen LogP contribution in [0.5, 0.6) is 0 Å². The Hall–Kier alpha value is -1.89. The highest BCUT2D eigenvalue weighted by Gasteiger charge is 2.73. The van der Waals surface area contributed by atoms with Crippen LogP contribution in [0.2, 0.25) is 5.02 Å². The maximum Gasteiger partial charge on any atom is 0.108 e. The average Bonchev–Trinajstić information content (AvgIpc) is 3.38. The number of aliphatic hydroxyl groups excluding tert-OH is 1. The first-order valence-corrected chi connectivity index (χ1v) is 16.8. The molecule has 3 fully saturated rings. The fourth-order valence-electron chi connectivity index (χ4n) is 11.8. The largest absolute Gasteiger partial charge is 0.386 e. The minimum absolute atomic E-state index is 0.0618. The first-order chi connectivity index (χ1) is 20.2. The lowest BCUT2D eigenvalue weighted by molar-refractivity contribution is -0.215. The zero-order valence-electron chi connectivity index (χ0n) is 26.0. The predicted molar refractivity (Wildman–Crippen MR) is 168 cm³/mol.